The molecule has 1 aliphatic heterocycles. The zero-order chi connectivity index (χ0) is 13.7. The number of hydrogen-bond donors (Lipinski definition) is 0. The molecule has 2 rings (SSSR count). The van der Waals surface area contributed by atoms with Crippen LogP contribution in [0.15, 0.2) is 24.3 Å². The molecule has 4 nitrogen and oxygen atoms in total. The fourth-order valence-electron chi connectivity index (χ4n) is 2.21. The van der Waals surface area contributed by atoms with E-state index in [4.69, 9.17) is 9.47 Å². The van der Waals surface area contributed by atoms with Crippen molar-refractivity contribution in [1.29, 1.82) is 0 Å². The van der Waals surface area contributed by atoms with Gasteiger partial charge in [0.05, 0.1) is 12.7 Å². The van der Waals surface area contributed by atoms with Crippen molar-refractivity contribution >= 4 is 5.91 Å². The molecule has 0 aliphatic carbocycles. The zero-order valence-corrected chi connectivity index (χ0v) is 11.0. The van der Waals surface area contributed by atoms with Crippen molar-refractivity contribution in [2.75, 3.05) is 33.4 Å². The lowest BCUT2D eigenvalue weighted by atomic mass is 10.1. The van der Waals surface area contributed by atoms with Gasteiger partial charge in [-0.25, -0.2) is 4.39 Å². The van der Waals surface area contributed by atoms with Crippen molar-refractivity contribution in [3.8, 4) is 0 Å². The summed E-state index contributed by atoms with van der Waals surface area (Å²) in [5.74, 6) is -0.282. The van der Waals surface area contributed by atoms with Crippen LogP contribution in [0.1, 0.15) is 5.56 Å². The highest BCUT2D eigenvalue weighted by molar-refractivity contribution is 5.77. The summed E-state index contributed by atoms with van der Waals surface area (Å²) in [5.41, 5.74) is 0.881. The lowest BCUT2D eigenvalue weighted by Crippen LogP contribution is -2.47. The first kappa shape index (κ1) is 14.0. The van der Waals surface area contributed by atoms with Crippen LogP contribution in [0, 0.1) is 5.82 Å². The van der Waals surface area contributed by atoms with Gasteiger partial charge in [-0.1, -0.05) is 12.1 Å². The number of halogens is 1. The summed E-state index contributed by atoms with van der Waals surface area (Å²) in [5, 5.41) is 0. The van der Waals surface area contributed by atoms with Crippen LogP contribution in [0.4, 0.5) is 4.39 Å². The van der Waals surface area contributed by atoms with Gasteiger partial charge in [0.15, 0.2) is 0 Å². The fraction of sp³-hybridized carbons (Fsp3) is 0.500. The van der Waals surface area contributed by atoms with E-state index in [1.54, 1.807) is 11.0 Å². The van der Waals surface area contributed by atoms with Gasteiger partial charge in [-0.05, 0) is 17.7 Å². The van der Waals surface area contributed by atoms with Gasteiger partial charge in [0.1, 0.15) is 12.4 Å². The predicted molar refractivity (Wildman–Crippen MR) is 68.3 cm³/mol. The molecule has 19 heavy (non-hydrogen) atoms. The normalized spacial score (nSPS) is 19.5. The molecule has 1 amide bonds. The summed E-state index contributed by atoms with van der Waals surface area (Å²) in [6, 6.07) is 6.46. The van der Waals surface area contributed by atoms with Crippen molar-refractivity contribution in [2.24, 2.45) is 0 Å². The number of hydrogen-bond acceptors (Lipinski definition) is 3. The first-order chi connectivity index (χ1) is 9.19. The Kier molecular flexibility index (Phi) is 4.87. The van der Waals surface area contributed by atoms with E-state index in [0.29, 0.717) is 26.1 Å². The zero-order valence-electron chi connectivity index (χ0n) is 11.0. The second-order valence-corrected chi connectivity index (χ2v) is 4.60. The third-order valence-corrected chi connectivity index (χ3v) is 3.11. The Hall–Kier alpha value is -1.46. The van der Waals surface area contributed by atoms with E-state index in [0.717, 1.165) is 5.56 Å². The number of morpholine rings is 1. The number of carbonyl (C=O) groups excluding carboxylic acids is 1. The van der Waals surface area contributed by atoms with Crippen molar-refractivity contribution in [3.05, 3.63) is 35.6 Å². The average molecular weight is 267 g/mol. The van der Waals surface area contributed by atoms with Crippen molar-refractivity contribution in [2.45, 2.75) is 12.5 Å². The number of rotatable bonds is 4. The Bertz CT molecular complexity index is 438. The van der Waals surface area contributed by atoms with E-state index in [1.807, 2.05) is 6.07 Å². The van der Waals surface area contributed by atoms with Gasteiger partial charge in [-0.15, -0.1) is 0 Å². The maximum Gasteiger partial charge on any atom is 0.248 e. The molecule has 0 spiro atoms. The summed E-state index contributed by atoms with van der Waals surface area (Å²) < 4.78 is 23.6. The Morgan fingerprint density at radius 3 is 3.16 bits per heavy atom. The standard InChI is InChI=1S/C14H18FNO3/c1-18-10-14(17)16-5-6-19-13(9-16)8-11-3-2-4-12(15)7-11/h2-4,7,13H,5-6,8-10H2,1H3/t13-/m0/s1. The van der Waals surface area contributed by atoms with Crippen LogP contribution >= 0.6 is 0 Å². The summed E-state index contributed by atoms with van der Waals surface area (Å²) in [7, 11) is 1.50. The van der Waals surface area contributed by atoms with Gasteiger partial charge in [-0.3, -0.25) is 4.79 Å². The fourth-order valence-corrected chi connectivity index (χ4v) is 2.21. The minimum atomic E-state index is -0.249. The molecule has 1 aliphatic rings. The molecule has 0 bridgehead atoms. The summed E-state index contributed by atoms with van der Waals surface area (Å²) in [4.78, 5) is 13.5. The number of nitrogens with zero attached hydrogens (tertiary/aromatic N) is 1. The van der Waals surface area contributed by atoms with Crippen LogP contribution in [0.3, 0.4) is 0 Å². The number of ether oxygens (including phenoxy) is 2. The van der Waals surface area contributed by atoms with Gasteiger partial charge in [0, 0.05) is 26.6 Å². The van der Waals surface area contributed by atoms with E-state index in [1.165, 1.54) is 19.2 Å². The second-order valence-electron chi connectivity index (χ2n) is 4.60. The lowest BCUT2D eigenvalue weighted by Gasteiger charge is -2.33. The van der Waals surface area contributed by atoms with Crippen LogP contribution in [0.2, 0.25) is 0 Å². The van der Waals surface area contributed by atoms with E-state index < -0.39 is 0 Å². The van der Waals surface area contributed by atoms with E-state index >= 15 is 0 Å². The molecule has 0 aromatic heterocycles. The number of amides is 1. The van der Waals surface area contributed by atoms with Gasteiger partial charge >= 0.3 is 0 Å². The molecule has 1 fully saturated rings. The quantitative estimate of drug-likeness (QED) is 0.824. The first-order valence-electron chi connectivity index (χ1n) is 6.32. The molecule has 0 unspecified atom stereocenters. The van der Waals surface area contributed by atoms with Crippen LogP contribution in [0.5, 0.6) is 0 Å². The Morgan fingerprint density at radius 2 is 2.42 bits per heavy atom. The third kappa shape index (κ3) is 4.01. The SMILES string of the molecule is COCC(=O)N1CCO[C@@H](Cc2cccc(F)c2)C1. The van der Waals surface area contributed by atoms with Crippen molar-refractivity contribution < 1.29 is 18.7 Å². The first-order valence-corrected chi connectivity index (χ1v) is 6.32. The monoisotopic (exact) mass is 267 g/mol. The average Bonchev–Trinajstić information content (AvgIpc) is 2.39. The van der Waals surface area contributed by atoms with Crippen molar-refractivity contribution in [1.82, 2.24) is 4.90 Å². The Morgan fingerprint density at radius 1 is 1.58 bits per heavy atom. The lowest BCUT2D eigenvalue weighted by molar-refractivity contribution is -0.142. The van der Waals surface area contributed by atoms with Gasteiger partial charge in [0.25, 0.3) is 0 Å². The molecule has 0 saturated carbocycles. The highest BCUT2D eigenvalue weighted by Crippen LogP contribution is 2.13. The van der Waals surface area contributed by atoms with Crippen molar-refractivity contribution in [3.63, 3.8) is 0 Å². The van der Waals surface area contributed by atoms with E-state index in [-0.39, 0.29) is 24.4 Å². The Balaban J connectivity index is 1.92. The van der Waals surface area contributed by atoms with Crippen LogP contribution in [-0.2, 0) is 20.7 Å². The smallest absolute Gasteiger partial charge is 0.248 e. The van der Waals surface area contributed by atoms with Crippen LogP contribution in [-0.4, -0.2) is 50.3 Å². The molecule has 1 aromatic carbocycles. The molecule has 0 radical (unpaired) electrons. The van der Waals surface area contributed by atoms with E-state index in [2.05, 4.69) is 0 Å². The highest BCUT2D eigenvalue weighted by Gasteiger charge is 2.24. The molecule has 1 saturated heterocycles. The van der Waals surface area contributed by atoms with Gasteiger partial charge in [0.2, 0.25) is 5.91 Å². The van der Waals surface area contributed by atoms with Crippen LogP contribution in [0.25, 0.3) is 0 Å². The van der Waals surface area contributed by atoms with Gasteiger partial charge < -0.3 is 14.4 Å². The minimum absolute atomic E-state index is 0.0324. The molecular weight excluding hydrogens is 249 g/mol. The maximum absolute atomic E-state index is 13.1. The predicted octanol–water partition coefficient (Wildman–Crippen LogP) is 1.24. The summed E-state index contributed by atoms with van der Waals surface area (Å²) >= 11 is 0. The molecule has 1 aromatic rings. The largest absolute Gasteiger partial charge is 0.375 e. The summed E-state index contributed by atoms with van der Waals surface area (Å²) in [6.45, 7) is 1.71. The number of carbonyl (C=O) groups is 1. The summed E-state index contributed by atoms with van der Waals surface area (Å²) in [6.07, 6.45) is 0.519. The number of benzene rings is 1. The molecular formula is C14H18FNO3. The van der Waals surface area contributed by atoms with Crippen LogP contribution < -0.4 is 0 Å². The topological polar surface area (TPSA) is 38.8 Å². The third-order valence-electron chi connectivity index (χ3n) is 3.11. The maximum atomic E-state index is 13.1. The highest BCUT2D eigenvalue weighted by atomic mass is 19.1. The molecule has 5 heteroatoms. The second kappa shape index (κ2) is 6.63. The Labute approximate surface area is 112 Å². The molecule has 1 atom stereocenters. The minimum Gasteiger partial charge on any atom is -0.375 e. The number of methoxy groups -OCH3 is 1. The van der Waals surface area contributed by atoms with Gasteiger partial charge in [-0.2, -0.15) is 0 Å². The molecule has 1 heterocycles. The van der Waals surface area contributed by atoms with E-state index in [9.17, 15) is 9.18 Å². The molecule has 0 N–H and O–H groups in total. The molecule has 104 valence electrons.